The molecular weight excluding hydrogens is 233 g/mol. The minimum atomic E-state index is -0.407. The molecule has 18 heavy (non-hydrogen) atoms. The third kappa shape index (κ3) is 2.63. The molecule has 2 rings (SSSR count). The van der Waals surface area contributed by atoms with Crippen molar-refractivity contribution in [2.45, 2.75) is 26.3 Å². The summed E-state index contributed by atoms with van der Waals surface area (Å²) in [7, 11) is 1.43. The van der Waals surface area contributed by atoms with E-state index >= 15 is 0 Å². The Hall–Kier alpha value is -1.58. The number of nitrogens with one attached hydrogen (secondary N) is 1. The van der Waals surface area contributed by atoms with Gasteiger partial charge in [-0.25, -0.2) is 4.39 Å². The highest BCUT2D eigenvalue weighted by Gasteiger charge is 2.39. The Bertz CT molecular complexity index is 461. The Morgan fingerprint density at radius 3 is 2.72 bits per heavy atom. The van der Waals surface area contributed by atoms with Crippen LogP contribution in [0.25, 0.3) is 0 Å². The van der Waals surface area contributed by atoms with E-state index in [0.29, 0.717) is 5.92 Å². The van der Waals surface area contributed by atoms with Gasteiger partial charge < -0.3 is 10.1 Å². The number of carbonyl (C=O) groups excluding carboxylic acids is 1. The van der Waals surface area contributed by atoms with Crippen LogP contribution in [0, 0.1) is 17.7 Å². The average Bonchev–Trinajstić information content (AvgIpc) is 3.06. The van der Waals surface area contributed by atoms with Gasteiger partial charge in [0.2, 0.25) is 5.91 Å². The van der Waals surface area contributed by atoms with Gasteiger partial charge in [-0.2, -0.15) is 0 Å². The molecule has 3 atom stereocenters. The van der Waals surface area contributed by atoms with Crippen LogP contribution in [-0.4, -0.2) is 13.0 Å². The number of methoxy groups -OCH3 is 1. The van der Waals surface area contributed by atoms with E-state index in [1.807, 2.05) is 6.92 Å². The van der Waals surface area contributed by atoms with E-state index in [1.54, 1.807) is 12.1 Å². The lowest BCUT2D eigenvalue weighted by Gasteiger charge is -2.15. The summed E-state index contributed by atoms with van der Waals surface area (Å²) in [6.45, 7) is 3.91. The summed E-state index contributed by atoms with van der Waals surface area (Å²) in [6, 6.07) is 4.56. The summed E-state index contributed by atoms with van der Waals surface area (Å²) in [6.07, 6.45) is 0.954. The van der Waals surface area contributed by atoms with Crippen molar-refractivity contribution in [3.05, 3.63) is 29.6 Å². The molecule has 4 heteroatoms. The highest BCUT2D eigenvalue weighted by molar-refractivity contribution is 5.81. The molecule has 1 aliphatic rings. The molecule has 0 bridgehead atoms. The molecule has 0 aromatic heterocycles. The van der Waals surface area contributed by atoms with E-state index in [4.69, 9.17) is 4.74 Å². The molecule has 1 N–H and O–H groups in total. The van der Waals surface area contributed by atoms with Crippen molar-refractivity contribution in [2.75, 3.05) is 7.11 Å². The van der Waals surface area contributed by atoms with Gasteiger partial charge in [-0.15, -0.1) is 0 Å². The van der Waals surface area contributed by atoms with E-state index in [0.717, 1.165) is 12.0 Å². The van der Waals surface area contributed by atoms with Gasteiger partial charge in [-0.3, -0.25) is 4.79 Å². The zero-order valence-electron chi connectivity index (χ0n) is 10.9. The summed E-state index contributed by atoms with van der Waals surface area (Å²) < 4.78 is 18.4. The highest BCUT2D eigenvalue weighted by Crippen LogP contribution is 2.38. The first kappa shape index (κ1) is 12.9. The van der Waals surface area contributed by atoms with Crippen LogP contribution in [0.5, 0.6) is 5.75 Å². The SMILES string of the molecule is COc1ccc([C@H](C)NC(=O)[C@@H]2C[C@H]2C)cc1F. The topological polar surface area (TPSA) is 38.3 Å². The van der Waals surface area contributed by atoms with Crippen LogP contribution in [0.15, 0.2) is 18.2 Å². The predicted molar refractivity (Wildman–Crippen MR) is 66.8 cm³/mol. The van der Waals surface area contributed by atoms with Gasteiger partial charge in [-0.1, -0.05) is 13.0 Å². The summed E-state index contributed by atoms with van der Waals surface area (Å²) >= 11 is 0. The van der Waals surface area contributed by atoms with Gasteiger partial charge in [0.15, 0.2) is 11.6 Å². The minimum Gasteiger partial charge on any atom is -0.494 e. The second-order valence-electron chi connectivity index (χ2n) is 4.94. The van der Waals surface area contributed by atoms with E-state index in [-0.39, 0.29) is 23.6 Å². The van der Waals surface area contributed by atoms with Crippen LogP contribution in [0.3, 0.4) is 0 Å². The number of rotatable bonds is 4. The monoisotopic (exact) mass is 251 g/mol. The maximum absolute atomic E-state index is 13.5. The summed E-state index contributed by atoms with van der Waals surface area (Å²) in [4.78, 5) is 11.8. The first-order chi connectivity index (χ1) is 8.52. The van der Waals surface area contributed by atoms with Crippen LogP contribution < -0.4 is 10.1 Å². The molecule has 98 valence electrons. The Balaban J connectivity index is 2.02. The number of benzene rings is 1. The molecule has 0 heterocycles. The third-order valence-electron chi connectivity index (χ3n) is 3.48. The third-order valence-corrected chi connectivity index (χ3v) is 3.48. The Morgan fingerprint density at radius 1 is 1.56 bits per heavy atom. The fourth-order valence-corrected chi connectivity index (χ4v) is 2.04. The fourth-order valence-electron chi connectivity index (χ4n) is 2.04. The van der Waals surface area contributed by atoms with Crippen LogP contribution in [-0.2, 0) is 4.79 Å². The van der Waals surface area contributed by atoms with Gasteiger partial charge in [0.1, 0.15) is 0 Å². The lowest BCUT2D eigenvalue weighted by molar-refractivity contribution is -0.123. The molecule has 0 radical (unpaired) electrons. The molecule has 1 aromatic rings. The molecule has 0 spiro atoms. The van der Waals surface area contributed by atoms with Crippen molar-refractivity contribution >= 4 is 5.91 Å². The Kier molecular flexibility index (Phi) is 3.55. The number of hydrogen-bond acceptors (Lipinski definition) is 2. The largest absolute Gasteiger partial charge is 0.494 e. The van der Waals surface area contributed by atoms with Gasteiger partial charge in [0.05, 0.1) is 13.2 Å². The maximum Gasteiger partial charge on any atom is 0.223 e. The van der Waals surface area contributed by atoms with Crippen molar-refractivity contribution in [3.8, 4) is 5.75 Å². The minimum absolute atomic E-state index is 0.0613. The molecule has 1 amide bonds. The van der Waals surface area contributed by atoms with Crippen LogP contribution in [0.4, 0.5) is 4.39 Å². The standard InChI is InChI=1S/C14H18FNO2/c1-8-6-11(8)14(17)16-9(2)10-4-5-13(18-3)12(15)7-10/h4-5,7-9,11H,6H2,1-3H3,(H,16,17)/t8-,9+,11-/m1/s1. The Labute approximate surface area is 106 Å². The lowest BCUT2D eigenvalue weighted by Crippen LogP contribution is -2.28. The number of amides is 1. The second-order valence-corrected chi connectivity index (χ2v) is 4.94. The number of ether oxygens (including phenoxy) is 1. The van der Waals surface area contributed by atoms with E-state index in [1.165, 1.54) is 13.2 Å². The fraction of sp³-hybridized carbons (Fsp3) is 0.500. The van der Waals surface area contributed by atoms with E-state index in [2.05, 4.69) is 12.2 Å². The van der Waals surface area contributed by atoms with Gasteiger partial charge in [0.25, 0.3) is 0 Å². The zero-order valence-corrected chi connectivity index (χ0v) is 10.9. The summed E-state index contributed by atoms with van der Waals surface area (Å²) in [5.41, 5.74) is 0.745. The second kappa shape index (κ2) is 4.96. The lowest BCUT2D eigenvalue weighted by atomic mass is 10.1. The molecule has 1 fully saturated rings. The van der Waals surface area contributed by atoms with Crippen molar-refractivity contribution < 1.29 is 13.9 Å². The number of hydrogen-bond donors (Lipinski definition) is 1. The van der Waals surface area contributed by atoms with Crippen LogP contribution in [0.2, 0.25) is 0 Å². The molecule has 1 aliphatic carbocycles. The molecule has 3 nitrogen and oxygen atoms in total. The molecule has 0 saturated heterocycles. The van der Waals surface area contributed by atoms with Crippen molar-refractivity contribution in [2.24, 2.45) is 11.8 Å². The molecule has 0 aliphatic heterocycles. The average molecular weight is 251 g/mol. The number of carbonyl (C=O) groups is 1. The number of halogens is 1. The first-order valence-electron chi connectivity index (χ1n) is 6.16. The van der Waals surface area contributed by atoms with Crippen LogP contribution in [0.1, 0.15) is 31.9 Å². The smallest absolute Gasteiger partial charge is 0.223 e. The van der Waals surface area contributed by atoms with Crippen molar-refractivity contribution in [3.63, 3.8) is 0 Å². The molecule has 1 saturated carbocycles. The summed E-state index contributed by atoms with van der Waals surface area (Å²) in [5.74, 6) is 0.482. The zero-order chi connectivity index (χ0) is 13.3. The van der Waals surface area contributed by atoms with E-state index < -0.39 is 5.82 Å². The Morgan fingerprint density at radius 2 is 2.22 bits per heavy atom. The van der Waals surface area contributed by atoms with Gasteiger partial charge in [-0.05, 0) is 37.0 Å². The quantitative estimate of drug-likeness (QED) is 0.893. The highest BCUT2D eigenvalue weighted by atomic mass is 19.1. The van der Waals surface area contributed by atoms with Crippen LogP contribution >= 0.6 is 0 Å². The molecule has 0 unspecified atom stereocenters. The first-order valence-corrected chi connectivity index (χ1v) is 6.16. The van der Waals surface area contributed by atoms with Gasteiger partial charge in [0, 0.05) is 5.92 Å². The molecule has 1 aromatic carbocycles. The predicted octanol–water partition coefficient (Wildman–Crippen LogP) is 2.67. The van der Waals surface area contributed by atoms with Crippen molar-refractivity contribution in [1.29, 1.82) is 0 Å². The molecular formula is C14H18FNO2. The van der Waals surface area contributed by atoms with E-state index in [9.17, 15) is 9.18 Å². The van der Waals surface area contributed by atoms with Crippen molar-refractivity contribution in [1.82, 2.24) is 5.32 Å². The normalized spacial score (nSPS) is 23.3. The maximum atomic E-state index is 13.5. The van der Waals surface area contributed by atoms with Gasteiger partial charge >= 0.3 is 0 Å². The summed E-state index contributed by atoms with van der Waals surface area (Å²) in [5, 5.41) is 2.91.